The second kappa shape index (κ2) is 11.4. The van der Waals surface area contributed by atoms with Crippen molar-refractivity contribution in [3.05, 3.63) is 57.0 Å². The Kier molecular flexibility index (Phi) is 8.94. The lowest BCUT2D eigenvalue weighted by atomic mass is 10.1. The van der Waals surface area contributed by atoms with Crippen molar-refractivity contribution >= 4 is 51.2 Å². The Labute approximate surface area is 187 Å². The van der Waals surface area contributed by atoms with Crippen LogP contribution in [0.15, 0.2) is 40.9 Å². The lowest BCUT2D eigenvalue weighted by Gasteiger charge is -2.12. The summed E-state index contributed by atoms with van der Waals surface area (Å²) in [6.45, 7) is 0.650. The first kappa shape index (κ1) is 23.5. The van der Waals surface area contributed by atoms with Crippen LogP contribution in [0, 0.1) is 0 Å². The standard InChI is InChI=1S/C20H20BrClN2O6/c1-28-18(25)12-4-6-14(19(26)29-2)16(10-12)24-20(27)23-8-3-9-30-17-7-5-13(21)11-15(17)22/h4-7,10-11H,3,8-9H2,1-2H3,(H2,23,24,27). The number of amides is 2. The van der Waals surface area contributed by atoms with E-state index in [9.17, 15) is 14.4 Å². The van der Waals surface area contributed by atoms with Gasteiger partial charge in [0.2, 0.25) is 0 Å². The lowest BCUT2D eigenvalue weighted by molar-refractivity contribution is 0.0587. The molecule has 0 saturated carbocycles. The van der Waals surface area contributed by atoms with Gasteiger partial charge in [-0.2, -0.15) is 0 Å². The van der Waals surface area contributed by atoms with Crippen LogP contribution in [0.2, 0.25) is 5.02 Å². The summed E-state index contributed by atoms with van der Waals surface area (Å²) in [4.78, 5) is 35.8. The fraction of sp³-hybridized carbons (Fsp3) is 0.250. The van der Waals surface area contributed by atoms with Gasteiger partial charge in [-0.25, -0.2) is 14.4 Å². The number of nitrogens with one attached hydrogen (secondary N) is 2. The summed E-state index contributed by atoms with van der Waals surface area (Å²) < 4.78 is 15.8. The molecule has 10 heteroatoms. The summed E-state index contributed by atoms with van der Waals surface area (Å²) in [5.41, 5.74) is 0.411. The Balaban J connectivity index is 1.90. The number of urea groups is 1. The highest BCUT2D eigenvalue weighted by molar-refractivity contribution is 9.10. The number of rotatable bonds is 8. The number of carbonyl (C=O) groups is 3. The normalized spacial score (nSPS) is 10.1. The van der Waals surface area contributed by atoms with Gasteiger partial charge in [-0.1, -0.05) is 27.5 Å². The molecule has 0 saturated heterocycles. The zero-order chi connectivity index (χ0) is 22.1. The third-order valence-electron chi connectivity index (χ3n) is 3.85. The number of benzene rings is 2. The molecule has 2 aromatic carbocycles. The van der Waals surface area contributed by atoms with E-state index in [4.69, 9.17) is 21.1 Å². The highest BCUT2D eigenvalue weighted by Crippen LogP contribution is 2.27. The molecule has 8 nitrogen and oxygen atoms in total. The smallest absolute Gasteiger partial charge is 0.339 e. The van der Waals surface area contributed by atoms with E-state index in [0.29, 0.717) is 30.3 Å². The van der Waals surface area contributed by atoms with Crippen molar-refractivity contribution < 1.29 is 28.6 Å². The summed E-state index contributed by atoms with van der Waals surface area (Å²) in [5, 5.41) is 5.67. The van der Waals surface area contributed by atoms with Gasteiger partial charge in [0.25, 0.3) is 0 Å². The van der Waals surface area contributed by atoms with Crippen LogP contribution in [0.5, 0.6) is 5.75 Å². The van der Waals surface area contributed by atoms with Crippen LogP contribution in [0.3, 0.4) is 0 Å². The third kappa shape index (κ3) is 6.64. The third-order valence-corrected chi connectivity index (χ3v) is 4.64. The van der Waals surface area contributed by atoms with Gasteiger partial charge < -0.3 is 24.8 Å². The van der Waals surface area contributed by atoms with Crippen LogP contribution in [0.4, 0.5) is 10.5 Å². The Morgan fingerprint density at radius 2 is 1.77 bits per heavy atom. The minimum Gasteiger partial charge on any atom is -0.492 e. The molecule has 2 rings (SSSR count). The number of halogens is 2. The number of anilines is 1. The first-order valence-corrected chi connectivity index (χ1v) is 9.96. The quantitative estimate of drug-likeness (QED) is 0.415. The van der Waals surface area contributed by atoms with Crippen LogP contribution in [0.1, 0.15) is 27.1 Å². The molecular formula is C20H20BrClN2O6. The second-order valence-corrected chi connectivity index (χ2v) is 7.22. The van der Waals surface area contributed by atoms with Crippen molar-refractivity contribution in [3.8, 4) is 5.75 Å². The molecule has 160 valence electrons. The molecule has 0 aliphatic heterocycles. The van der Waals surface area contributed by atoms with Crippen LogP contribution in [-0.4, -0.2) is 45.3 Å². The van der Waals surface area contributed by atoms with Crippen molar-refractivity contribution in [2.45, 2.75) is 6.42 Å². The fourth-order valence-electron chi connectivity index (χ4n) is 2.40. The van der Waals surface area contributed by atoms with Crippen molar-refractivity contribution in [3.63, 3.8) is 0 Å². The Bertz CT molecular complexity index is 938. The molecule has 0 fully saturated rings. The van der Waals surface area contributed by atoms with Gasteiger partial charge in [-0.15, -0.1) is 0 Å². The zero-order valence-electron chi connectivity index (χ0n) is 16.3. The molecule has 0 aliphatic rings. The van der Waals surface area contributed by atoms with Gasteiger partial charge in [0, 0.05) is 11.0 Å². The maximum Gasteiger partial charge on any atom is 0.339 e. The summed E-state index contributed by atoms with van der Waals surface area (Å²) in [6.07, 6.45) is 0.520. The summed E-state index contributed by atoms with van der Waals surface area (Å²) in [5.74, 6) is -0.702. The summed E-state index contributed by atoms with van der Waals surface area (Å²) in [6, 6.07) is 8.86. The Morgan fingerprint density at radius 1 is 1.03 bits per heavy atom. The van der Waals surface area contributed by atoms with Gasteiger partial charge in [0.05, 0.1) is 42.7 Å². The zero-order valence-corrected chi connectivity index (χ0v) is 18.6. The number of ether oxygens (including phenoxy) is 3. The SMILES string of the molecule is COC(=O)c1ccc(C(=O)OC)c(NC(=O)NCCCOc2ccc(Br)cc2Cl)c1. The Hall–Kier alpha value is -2.78. The molecule has 0 bridgehead atoms. The summed E-state index contributed by atoms with van der Waals surface area (Å²) >= 11 is 9.39. The van der Waals surface area contributed by atoms with Gasteiger partial charge in [-0.3, -0.25) is 0 Å². The van der Waals surface area contributed by atoms with Crippen LogP contribution < -0.4 is 15.4 Å². The van der Waals surface area contributed by atoms with Crippen LogP contribution >= 0.6 is 27.5 Å². The van der Waals surface area contributed by atoms with Gasteiger partial charge in [-0.05, 0) is 42.8 Å². The topological polar surface area (TPSA) is 103 Å². The number of hydrogen-bond acceptors (Lipinski definition) is 6. The predicted molar refractivity (Wildman–Crippen MR) is 115 cm³/mol. The van der Waals surface area contributed by atoms with Crippen molar-refractivity contribution in [2.75, 3.05) is 32.7 Å². The van der Waals surface area contributed by atoms with Crippen molar-refractivity contribution in [1.82, 2.24) is 5.32 Å². The first-order chi connectivity index (χ1) is 14.3. The molecule has 0 spiro atoms. The molecular weight excluding hydrogens is 480 g/mol. The molecule has 0 aromatic heterocycles. The molecule has 2 aromatic rings. The molecule has 0 aliphatic carbocycles. The van der Waals surface area contributed by atoms with E-state index < -0.39 is 18.0 Å². The first-order valence-electron chi connectivity index (χ1n) is 8.79. The maximum atomic E-state index is 12.2. The van der Waals surface area contributed by atoms with Gasteiger partial charge >= 0.3 is 18.0 Å². The monoisotopic (exact) mass is 498 g/mol. The minimum absolute atomic E-state index is 0.105. The number of esters is 2. The van der Waals surface area contributed by atoms with Crippen molar-refractivity contribution in [2.24, 2.45) is 0 Å². The molecule has 2 N–H and O–H groups in total. The molecule has 0 atom stereocenters. The predicted octanol–water partition coefficient (Wildman–Crippen LogP) is 4.27. The van der Waals surface area contributed by atoms with E-state index in [1.54, 1.807) is 12.1 Å². The number of methoxy groups -OCH3 is 2. The van der Waals surface area contributed by atoms with Gasteiger partial charge in [0.1, 0.15) is 5.75 Å². The van der Waals surface area contributed by atoms with E-state index in [1.165, 1.54) is 32.4 Å². The van der Waals surface area contributed by atoms with E-state index >= 15 is 0 Å². The van der Waals surface area contributed by atoms with E-state index in [1.807, 2.05) is 6.07 Å². The highest BCUT2D eigenvalue weighted by Gasteiger charge is 2.17. The maximum absolute atomic E-state index is 12.2. The summed E-state index contributed by atoms with van der Waals surface area (Å²) in [7, 11) is 2.46. The van der Waals surface area contributed by atoms with Crippen LogP contribution in [-0.2, 0) is 9.47 Å². The fourth-order valence-corrected chi connectivity index (χ4v) is 3.12. The van der Waals surface area contributed by atoms with E-state index in [2.05, 4.69) is 31.3 Å². The van der Waals surface area contributed by atoms with E-state index in [0.717, 1.165) is 4.47 Å². The highest BCUT2D eigenvalue weighted by atomic mass is 79.9. The average molecular weight is 500 g/mol. The lowest BCUT2D eigenvalue weighted by Crippen LogP contribution is -2.31. The second-order valence-electron chi connectivity index (χ2n) is 5.90. The Morgan fingerprint density at radius 3 is 2.43 bits per heavy atom. The van der Waals surface area contributed by atoms with E-state index in [-0.39, 0.29) is 16.8 Å². The molecule has 30 heavy (non-hydrogen) atoms. The number of carbonyl (C=O) groups excluding carboxylic acids is 3. The molecule has 2 amide bonds. The number of hydrogen-bond donors (Lipinski definition) is 2. The molecule has 0 radical (unpaired) electrons. The molecule has 0 heterocycles. The average Bonchev–Trinajstić information content (AvgIpc) is 2.73. The van der Waals surface area contributed by atoms with Crippen LogP contribution in [0.25, 0.3) is 0 Å². The molecule has 0 unspecified atom stereocenters. The van der Waals surface area contributed by atoms with Gasteiger partial charge in [0.15, 0.2) is 0 Å². The van der Waals surface area contributed by atoms with Crippen molar-refractivity contribution in [1.29, 1.82) is 0 Å². The minimum atomic E-state index is -0.651. The largest absolute Gasteiger partial charge is 0.492 e.